The summed E-state index contributed by atoms with van der Waals surface area (Å²) in [6, 6.07) is 8.68. The van der Waals surface area contributed by atoms with Crippen LogP contribution in [0.4, 0.5) is 0 Å². The molecule has 0 heterocycles. The van der Waals surface area contributed by atoms with Crippen molar-refractivity contribution in [2.75, 3.05) is 13.1 Å². The molecule has 1 aliphatic rings. The van der Waals surface area contributed by atoms with E-state index < -0.39 is 0 Å². The largest absolute Gasteiger partial charge is 0.491 e. The van der Waals surface area contributed by atoms with Gasteiger partial charge in [-0.05, 0) is 75.7 Å². The third kappa shape index (κ3) is 3.97. The Balaban J connectivity index is 1.93. The Hall–Kier alpha value is -1.02. The van der Waals surface area contributed by atoms with Gasteiger partial charge in [-0.3, -0.25) is 0 Å². The molecule has 1 saturated carbocycles. The van der Waals surface area contributed by atoms with Crippen LogP contribution in [0.15, 0.2) is 24.3 Å². The molecule has 0 saturated heterocycles. The first-order chi connectivity index (χ1) is 9.20. The van der Waals surface area contributed by atoms with Gasteiger partial charge in [0.1, 0.15) is 5.75 Å². The molecule has 19 heavy (non-hydrogen) atoms. The van der Waals surface area contributed by atoms with E-state index >= 15 is 0 Å². The van der Waals surface area contributed by atoms with Crippen LogP contribution in [-0.4, -0.2) is 19.2 Å². The molecule has 2 unspecified atom stereocenters. The molecule has 0 radical (unpaired) electrons. The van der Waals surface area contributed by atoms with Crippen LogP contribution in [-0.2, 0) is 0 Å². The number of ether oxygens (including phenoxy) is 1. The summed E-state index contributed by atoms with van der Waals surface area (Å²) in [5, 5.41) is 3.55. The van der Waals surface area contributed by atoms with Crippen molar-refractivity contribution in [3.63, 3.8) is 0 Å². The lowest BCUT2D eigenvalue weighted by molar-refractivity contribution is 0.235. The zero-order chi connectivity index (χ0) is 13.7. The van der Waals surface area contributed by atoms with Gasteiger partial charge in [0.05, 0.1) is 6.10 Å². The van der Waals surface area contributed by atoms with Gasteiger partial charge in [0.15, 0.2) is 0 Å². The molecule has 1 aromatic rings. The zero-order valence-electron chi connectivity index (χ0n) is 12.5. The van der Waals surface area contributed by atoms with Gasteiger partial charge in [-0.25, -0.2) is 0 Å². The molecule has 0 aliphatic heterocycles. The Morgan fingerprint density at radius 2 is 2.16 bits per heavy atom. The predicted octanol–water partition coefficient (Wildman–Crippen LogP) is 3.97. The van der Waals surface area contributed by atoms with E-state index in [-0.39, 0.29) is 6.10 Å². The fraction of sp³-hybridized carbons (Fsp3) is 0.647. The van der Waals surface area contributed by atoms with Gasteiger partial charge in [-0.1, -0.05) is 19.1 Å². The van der Waals surface area contributed by atoms with Crippen LogP contribution in [0.2, 0.25) is 0 Å². The Bertz CT molecular complexity index is 389. The second-order valence-corrected chi connectivity index (χ2v) is 5.89. The van der Waals surface area contributed by atoms with Crippen LogP contribution < -0.4 is 10.1 Å². The maximum Gasteiger partial charge on any atom is 0.119 e. The highest BCUT2D eigenvalue weighted by Crippen LogP contribution is 2.42. The van der Waals surface area contributed by atoms with Gasteiger partial charge in [-0.2, -0.15) is 0 Å². The standard InChI is InChI=1S/C17H27NO/c1-4-10-18-12-15-8-9-17(15)14-6-5-7-16(11-14)19-13(2)3/h5-7,11,13,15,17-18H,4,8-10,12H2,1-3H3. The van der Waals surface area contributed by atoms with E-state index in [1.165, 1.54) is 24.8 Å². The molecule has 0 bridgehead atoms. The predicted molar refractivity (Wildman–Crippen MR) is 80.8 cm³/mol. The minimum Gasteiger partial charge on any atom is -0.491 e. The van der Waals surface area contributed by atoms with Crippen molar-refractivity contribution in [2.24, 2.45) is 5.92 Å². The average Bonchev–Trinajstić information content (AvgIpc) is 2.33. The van der Waals surface area contributed by atoms with Gasteiger partial charge >= 0.3 is 0 Å². The van der Waals surface area contributed by atoms with Crippen molar-refractivity contribution < 1.29 is 4.74 Å². The molecule has 2 rings (SSSR count). The summed E-state index contributed by atoms with van der Waals surface area (Å²) < 4.78 is 5.79. The number of hydrogen-bond donors (Lipinski definition) is 1. The molecule has 0 amide bonds. The normalized spacial score (nSPS) is 22.3. The third-order valence-electron chi connectivity index (χ3n) is 3.91. The van der Waals surface area contributed by atoms with Crippen LogP contribution in [0.25, 0.3) is 0 Å². The molecule has 2 atom stereocenters. The maximum atomic E-state index is 5.79. The number of rotatable bonds is 7. The van der Waals surface area contributed by atoms with E-state index in [1.54, 1.807) is 0 Å². The first kappa shape index (κ1) is 14.4. The van der Waals surface area contributed by atoms with Crippen molar-refractivity contribution in [1.82, 2.24) is 5.32 Å². The van der Waals surface area contributed by atoms with Crippen molar-refractivity contribution in [3.8, 4) is 5.75 Å². The molecule has 1 N–H and O–H groups in total. The van der Waals surface area contributed by atoms with Gasteiger partial charge in [0.2, 0.25) is 0 Å². The molecule has 2 heteroatoms. The lowest BCUT2D eigenvalue weighted by atomic mass is 9.70. The summed E-state index contributed by atoms with van der Waals surface area (Å²) in [6.45, 7) is 8.67. The minimum atomic E-state index is 0.249. The fourth-order valence-corrected chi connectivity index (χ4v) is 2.81. The Labute approximate surface area is 117 Å². The highest BCUT2D eigenvalue weighted by atomic mass is 16.5. The molecular weight excluding hydrogens is 234 g/mol. The minimum absolute atomic E-state index is 0.249. The van der Waals surface area contributed by atoms with E-state index in [9.17, 15) is 0 Å². The summed E-state index contributed by atoms with van der Waals surface area (Å²) in [6.07, 6.45) is 4.15. The second-order valence-electron chi connectivity index (χ2n) is 5.89. The molecule has 106 valence electrons. The summed E-state index contributed by atoms with van der Waals surface area (Å²) in [5.74, 6) is 2.54. The highest BCUT2D eigenvalue weighted by Gasteiger charge is 2.31. The SMILES string of the molecule is CCCNCC1CCC1c1cccc(OC(C)C)c1. The van der Waals surface area contributed by atoms with Gasteiger partial charge in [-0.15, -0.1) is 0 Å². The number of nitrogens with one attached hydrogen (secondary N) is 1. The molecule has 1 aromatic carbocycles. The highest BCUT2D eigenvalue weighted by molar-refractivity contribution is 5.32. The Morgan fingerprint density at radius 1 is 1.32 bits per heavy atom. The van der Waals surface area contributed by atoms with Gasteiger partial charge < -0.3 is 10.1 Å². The van der Waals surface area contributed by atoms with Crippen molar-refractivity contribution in [2.45, 2.75) is 52.1 Å². The summed E-state index contributed by atoms with van der Waals surface area (Å²) in [4.78, 5) is 0. The van der Waals surface area contributed by atoms with E-state index in [1.807, 2.05) is 0 Å². The molecule has 0 spiro atoms. The van der Waals surface area contributed by atoms with E-state index in [4.69, 9.17) is 4.74 Å². The maximum absolute atomic E-state index is 5.79. The Morgan fingerprint density at radius 3 is 2.79 bits per heavy atom. The lowest BCUT2D eigenvalue weighted by Crippen LogP contribution is -2.34. The van der Waals surface area contributed by atoms with Crippen LogP contribution in [0.3, 0.4) is 0 Å². The number of hydrogen-bond acceptors (Lipinski definition) is 2. The summed E-state index contributed by atoms with van der Waals surface area (Å²) in [5.41, 5.74) is 1.45. The van der Waals surface area contributed by atoms with Crippen LogP contribution in [0, 0.1) is 5.92 Å². The molecule has 1 fully saturated rings. The smallest absolute Gasteiger partial charge is 0.119 e. The van der Waals surface area contributed by atoms with Crippen LogP contribution >= 0.6 is 0 Å². The quantitative estimate of drug-likeness (QED) is 0.750. The monoisotopic (exact) mass is 261 g/mol. The second kappa shape index (κ2) is 6.95. The van der Waals surface area contributed by atoms with E-state index in [0.717, 1.165) is 30.7 Å². The Kier molecular flexibility index (Phi) is 5.26. The molecular formula is C17H27NO. The lowest BCUT2D eigenvalue weighted by Gasteiger charge is -2.37. The third-order valence-corrected chi connectivity index (χ3v) is 3.91. The van der Waals surface area contributed by atoms with Gasteiger partial charge in [0, 0.05) is 0 Å². The molecule has 2 nitrogen and oxygen atoms in total. The molecule has 0 aromatic heterocycles. The van der Waals surface area contributed by atoms with E-state index in [0.29, 0.717) is 0 Å². The fourth-order valence-electron chi connectivity index (χ4n) is 2.81. The first-order valence-corrected chi connectivity index (χ1v) is 7.68. The van der Waals surface area contributed by atoms with E-state index in [2.05, 4.69) is 50.4 Å². The first-order valence-electron chi connectivity index (χ1n) is 7.68. The summed E-state index contributed by atoms with van der Waals surface area (Å²) in [7, 11) is 0. The van der Waals surface area contributed by atoms with Crippen molar-refractivity contribution in [3.05, 3.63) is 29.8 Å². The van der Waals surface area contributed by atoms with Crippen molar-refractivity contribution in [1.29, 1.82) is 0 Å². The topological polar surface area (TPSA) is 21.3 Å². The summed E-state index contributed by atoms with van der Waals surface area (Å²) >= 11 is 0. The van der Waals surface area contributed by atoms with Crippen molar-refractivity contribution >= 4 is 0 Å². The van der Waals surface area contributed by atoms with Gasteiger partial charge in [0.25, 0.3) is 0 Å². The van der Waals surface area contributed by atoms with Crippen LogP contribution in [0.5, 0.6) is 5.75 Å². The average molecular weight is 261 g/mol. The molecule has 1 aliphatic carbocycles. The number of benzene rings is 1. The van der Waals surface area contributed by atoms with Crippen LogP contribution in [0.1, 0.15) is 51.5 Å². The zero-order valence-corrected chi connectivity index (χ0v) is 12.5.